The molecule has 0 bridgehead atoms. The number of piperazine rings is 1. The normalized spacial score (nSPS) is 16.3. The quantitative estimate of drug-likeness (QED) is 0.675. The van der Waals surface area contributed by atoms with Crippen LogP contribution in [0.5, 0.6) is 0 Å². The number of hydrogen-bond acceptors (Lipinski definition) is 3. The second-order valence-electron chi connectivity index (χ2n) is 8.06. The van der Waals surface area contributed by atoms with Gasteiger partial charge in [-0.3, -0.25) is 14.6 Å². The van der Waals surface area contributed by atoms with Gasteiger partial charge in [0.05, 0.1) is 6.54 Å². The van der Waals surface area contributed by atoms with Crippen molar-refractivity contribution in [3.05, 3.63) is 65.0 Å². The number of nitrogens with zero attached hydrogens (tertiary/aromatic N) is 3. The molecule has 3 rings (SSSR count). The van der Waals surface area contributed by atoms with E-state index in [0.717, 1.165) is 44.0 Å². The lowest BCUT2D eigenvalue weighted by atomic mass is 10.1. The minimum atomic E-state index is 0.248. The van der Waals surface area contributed by atoms with Crippen molar-refractivity contribution in [1.29, 1.82) is 0 Å². The van der Waals surface area contributed by atoms with Crippen LogP contribution in [0.4, 0.5) is 0 Å². The van der Waals surface area contributed by atoms with E-state index in [2.05, 4.69) is 84.5 Å². The fourth-order valence-electron chi connectivity index (χ4n) is 4.17. The van der Waals surface area contributed by atoms with Crippen molar-refractivity contribution >= 4 is 11.9 Å². The van der Waals surface area contributed by atoms with E-state index in [9.17, 15) is 4.79 Å². The van der Waals surface area contributed by atoms with Gasteiger partial charge in [0.15, 0.2) is 5.78 Å². The Labute approximate surface area is 169 Å². The van der Waals surface area contributed by atoms with Crippen molar-refractivity contribution in [2.75, 3.05) is 39.3 Å². The maximum Gasteiger partial charge on any atom is 0.178 e. The molecule has 1 fully saturated rings. The lowest BCUT2D eigenvalue weighted by Gasteiger charge is -2.33. The van der Waals surface area contributed by atoms with Crippen LogP contribution in [0.2, 0.25) is 0 Å². The van der Waals surface area contributed by atoms with Gasteiger partial charge >= 0.3 is 0 Å². The summed E-state index contributed by atoms with van der Waals surface area (Å²) < 4.78 is 2.25. The molecule has 4 heteroatoms. The van der Waals surface area contributed by atoms with E-state index in [1.54, 1.807) is 0 Å². The zero-order valence-electron chi connectivity index (χ0n) is 17.7. The van der Waals surface area contributed by atoms with Gasteiger partial charge in [0.2, 0.25) is 0 Å². The van der Waals surface area contributed by atoms with Crippen LogP contribution in [0.25, 0.3) is 6.08 Å². The Balaban J connectivity index is 1.48. The largest absolute Gasteiger partial charge is 0.346 e. The first-order chi connectivity index (χ1) is 13.5. The highest BCUT2D eigenvalue weighted by atomic mass is 16.1. The Morgan fingerprint density at radius 1 is 1.04 bits per heavy atom. The summed E-state index contributed by atoms with van der Waals surface area (Å²) in [6.45, 7) is 13.9. The molecule has 0 saturated carbocycles. The van der Waals surface area contributed by atoms with Crippen LogP contribution in [0, 0.1) is 13.8 Å². The van der Waals surface area contributed by atoms with Crippen LogP contribution in [0.15, 0.2) is 42.5 Å². The predicted octanol–water partition coefficient (Wildman–Crippen LogP) is 4.20. The third-order valence-electron chi connectivity index (χ3n) is 5.61. The number of rotatable bonds is 7. The number of carbonyl (C=O) groups is 1. The number of ketones is 1. The molecule has 150 valence electrons. The van der Waals surface area contributed by atoms with Crippen molar-refractivity contribution in [2.24, 2.45) is 0 Å². The van der Waals surface area contributed by atoms with Crippen molar-refractivity contribution < 1.29 is 4.79 Å². The Bertz CT molecular complexity index is 812. The van der Waals surface area contributed by atoms with Gasteiger partial charge in [-0.25, -0.2) is 0 Å². The molecule has 1 aromatic carbocycles. The van der Waals surface area contributed by atoms with E-state index in [4.69, 9.17) is 0 Å². The fourth-order valence-corrected chi connectivity index (χ4v) is 4.17. The molecule has 0 radical (unpaired) electrons. The maximum atomic E-state index is 12.9. The molecule has 1 aliphatic rings. The second kappa shape index (κ2) is 9.35. The molecule has 0 N–H and O–H groups in total. The van der Waals surface area contributed by atoms with Gasteiger partial charge in [0, 0.05) is 55.7 Å². The SMILES string of the molecule is Cc1cc(C(=O)CN2CCN(C/C=C/c3ccccc3)CC2)c(C)n1C(C)C. The zero-order chi connectivity index (χ0) is 20.1. The summed E-state index contributed by atoms with van der Waals surface area (Å²) >= 11 is 0. The molecular weight excluding hydrogens is 346 g/mol. The lowest BCUT2D eigenvalue weighted by molar-refractivity contribution is 0.0864. The van der Waals surface area contributed by atoms with E-state index >= 15 is 0 Å². The maximum absolute atomic E-state index is 12.9. The highest BCUT2D eigenvalue weighted by Gasteiger charge is 2.22. The van der Waals surface area contributed by atoms with E-state index in [1.807, 2.05) is 6.07 Å². The Morgan fingerprint density at radius 3 is 2.29 bits per heavy atom. The van der Waals surface area contributed by atoms with Crippen LogP contribution in [0.1, 0.15) is 47.2 Å². The van der Waals surface area contributed by atoms with Gasteiger partial charge in [-0.15, -0.1) is 0 Å². The van der Waals surface area contributed by atoms with Gasteiger partial charge in [0.1, 0.15) is 0 Å². The number of hydrogen-bond donors (Lipinski definition) is 0. The van der Waals surface area contributed by atoms with Crippen LogP contribution in [-0.4, -0.2) is 59.4 Å². The van der Waals surface area contributed by atoms with Crippen molar-refractivity contribution in [3.8, 4) is 0 Å². The van der Waals surface area contributed by atoms with E-state index in [-0.39, 0.29) is 5.78 Å². The number of carbonyl (C=O) groups excluding carboxylic acids is 1. The fraction of sp³-hybridized carbons (Fsp3) is 0.458. The molecule has 0 aliphatic carbocycles. The summed E-state index contributed by atoms with van der Waals surface area (Å²) in [5.41, 5.74) is 4.40. The zero-order valence-corrected chi connectivity index (χ0v) is 17.7. The highest BCUT2D eigenvalue weighted by Crippen LogP contribution is 2.21. The molecule has 0 unspecified atom stereocenters. The molecule has 0 spiro atoms. The van der Waals surface area contributed by atoms with Gasteiger partial charge in [-0.2, -0.15) is 0 Å². The van der Waals surface area contributed by atoms with Crippen LogP contribution in [0.3, 0.4) is 0 Å². The first-order valence-electron chi connectivity index (χ1n) is 10.3. The molecule has 2 aromatic rings. The van der Waals surface area contributed by atoms with Crippen LogP contribution < -0.4 is 0 Å². The summed E-state index contributed by atoms with van der Waals surface area (Å²) in [5.74, 6) is 0.248. The minimum absolute atomic E-state index is 0.248. The number of benzene rings is 1. The highest BCUT2D eigenvalue weighted by molar-refractivity contribution is 5.99. The summed E-state index contributed by atoms with van der Waals surface area (Å²) in [5, 5.41) is 0. The van der Waals surface area contributed by atoms with Crippen molar-refractivity contribution in [2.45, 2.75) is 33.7 Å². The summed E-state index contributed by atoms with van der Waals surface area (Å²) in [6.07, 6.45) is 4.41. The molecule has 1 aliphatic heterocycles. The molecular formula is C24H33N3O. The predicted molar refractivity (Wildman–Crippen MR) is 117 cm³/mol. The molecule has 1 aromatic heterocycles. The second-order valence-corrected chi connectivity index (χ2v) is 8.06. The first kappa shape index (κ1) is 20.6. The van der Waals surface area contributed by atoms with Gasteiger partial charge in [0.25, 0.3) is 0 Å². The van der Waals surface area contributed by atoms with Crippen LogP contribution in [-0.2, 0) is 0 Å². The molecule has 4 nitrogen and oxygen atoms in total. The van der Waals surface area contributed by atoms with Crippen LogP contribution >= 0.6 is 0 Å². The standard InChI is InChI=1S/C24H33N3O/c1-19(2)27-20(3)17-23(21(27)4)24(28)18-26-15-13-25(14-16-26)12-8-11-22-9-6-5-7-10-22/h5-11,17,19H,12-16,18H2,1-4H3/b11-8+. The van der Waals surface area contributed by atoms with E-state index in [1.165, 1.54) is 11.3 Å². The smallest absolute Gasteiger partial charge is 0.178 e. The average molecular weight is 380 g/mol. The van der Waals surface area contributed by atoms with Crippen molar-refractivity contribution in [3.63, 3.8) is 0 Å². The number of aromatic nitrogens is 1. The van der Waals surface area contributed by atoms with Gasteiger partial charge in [-0.1, -0.05) is 42.5 Å². The van der Waals surface area contributed by atoms with Gasteiger partial charge in [-0.05, 0) is 39.3 Å². The lowest BCUT2D eigenvalue weighted by Crippen LogP contribution is -2.47. The van der Waals surface area contributed by atoms with Gasteiger partial charge < -0.3 is 4.57 Å². The Kier molecular flexibility index (Phi) is 6.87. The van der Waals surface area contributed by atoms with E-state index in [0.29, 0.717) is 12.6 Å². The monoisotopic (exact) mass is 379 g/mol. The molecule has 0 atom stereocenters. The first-order valence-corrected chi connectivity index (χ1v) is 10.3. The molecule has 0 amide bonds. The molecule has 1 saturated heterocycles. The topological polar surface area (TPSA) is 28.5 Å². The minimum Gasteiger partial charge on any atom is -0.346 e. The third kappa shape index (κ3) is 5.00. The molecule has 2 heterocycles. The third-order valence-corrected chi connectivity index (χ3v) is 5.61. The number of aryl methyl sites for hydroxylation is 1. The van der Waals surface area contributed by atoms with E-state index < -0.39 is 0 Å². The summed E-state index contributed by atoms with van der Waals surface area (Å²) in [6, 6.07) is 12.9. The Hall–Kier alpha value is -2.17. The average Bonchev–Trinajstić information content (AvgIpc) is 2.98. The summed E-state index contributed by atoms with van der Waals surface area (Å²) in [4.78, 5) is 17.6. The summed E-state index contributed by atoms with van der Waals surface area (Å²) in [7, 11) is 0. The van der Waals surface area contributed by atoms with Crippen molar-refractivity contribution in [1.82, 2.24) is 14.4 Å². The molecule has 28 heavy (non-hydrogen) atoms. The Morgan fingerprint density at radius 2 is 1.68 bits per heavy atom. The number of Topliss-reactive ketones (excluding diaryl/α,β-unsaturated/α-hetero) is 1.